The normalized spacial score (nSPS) is 19.5. The van der Waals surface area contributed by atoms with E-state index in [9.17, 15) is 13.2 Å². The first-order chi connectivity index (χ1) is 10.4. The zero-order valence-corrected chi connectivity index (χ0v) is 14.6. The molecule has 1 aliphatic heterocycles. The molecule has 1 unspecified atom stereocenters. The number of rotatable bonds is 7. The highest BCUT2D eigenvalue weighted by Gasteiger charge is 2.35. The second-order valence-corrected chi connectivity index (χ2v) is 8.71. The summed E-state index contributed by atoms with van der Waals surface area (Å²) in [4.78, 5) is 11.8. The Hall–Kier alpha value is -0.960. The molecule has 6 nitrogen and oxygen atoms in total. The lowest BCUT2D eigenvalue weighted by molar-refractivity contribution is -0.118. The number of thiophene rings is 1. The van der Waals surface area contributed by atoms with Crippen LogP contribution in [0.15, 0.2) is 16.3 Å². The van der Waals surface area contributed by atoms with Gasteiger partial charge in [-0.25, -0.2) is 8.42 Å². The molecule has 0 radical (unpaired) electrons. The number of carbonyl (C=O) groups excluding carboxylic acids is 1. The lowest BCUT2D eigenvalue weighted by atomic mass is 10.2. The van der Waals surface area contributed by atoms with E-state index in [1.165, 1.54) is 18.3 Å². The van der Waals surface area contributed by atoms with Gasteiger partial charge in [0.05, 0.1) is 0 Å². The molecular formula is C14H23N3O3S2. The molecule has 22 heavy (non-hydrogen) atoms. The van der Waals surface area contributed by atoms with Crippen molar-refractivity contribution in [2.75, 3.05) is 26.7 Å². The van der Waals surface area contributed by atoms with Crippen molar-refractivity contribution in [2.45, 2.75) is 36.4 Å². The minimum Gasteiger partial charge on any atom is -0.356 e. The number of nitrogens with zero attached hydrogens (tertiary/aromatic N) is 1. The van der Waals surface area contributed by atoms with Crippen molar-refractivity contribution < 1.29 is 13.2 Å². The van der Waals surface area contributed by atoms with Crippen LogP contribution in [0.2, 0.25) is 0 Å². The van der Waals surface area contributed by atoms with E-state index in [4.69, 9.17) is 0 Å². The third-order valence-electron chi connectivity index (χ3n) is 3.71. The zero-order valence-electron chi connectivity index (χ0n) is 13.0. The number of carbonyl (C=O) groups is 1. The Balaban J connectivity index is 2.06. The molecule has 1 atom stereocenters. The third kappa shape index (κ3) is 4.07. The van der Waals surface area contributed by atoms with Gasteiger partial charge in [-0.2, -0.15) is 4.31 Å². The lowest BCUT2D eigenvalue weighted by Crippen LogP contribution is -2.40. The summed E-state index contributed by atoms with van der Waals surface area (Å²) >= 11 is 1.30. The molecule has 0 aliphatic carbocycles. The van der Waals surface area contributed by atoms with Crippen LogP contribution in [0.1, 0.15) is 24.6 Å². The SMILES string of the molecule is CNCC1CCCN1S(=O)(=O)c1ccc(CCNC(C)=O)s1. The minimum absolute atomic E-state index is 0.0416. The number of likely N-dealkylation sites (N-methyl/N-ethyl adjacent to an activating group) is 1. The van der Waals surface area contributed by atoms with Gasteiger partial charge in [-0.15, -0.1) is 11.3 Å². The largest absolute Gasteiger partial charge is 0.356 e. The van der Waals surface area contributed by atoms with Gasteiger partial charge in [0.25, 0.3) is 10.0 Å². The van der Waals surface area contributed by atoms with Crippen molar-refractivity contribution in [3.05, 3.63) is 17.0 Å². The molecule has 8 heteroatoms. The van der Waals surface area contributed by atoms with Gasteiger partial charge < -0.3 is 10.6 Å². The Kier molecular flexibility index (Phi) is 5.96. The van der Waals surface area contributed by atoms with E-state index >= 15 is 0 Å². The standard InChI is InChI=1S/C14H23N3O3S2/c1-11(18)16-8-7-13-5-6-14(21-13)22(19,20)17-9-3-4-12(17)10-15-2/h5-6,12,15H,3-4,7-10H2,1-2H3,(H,16,18). The van der Waals surface area contributed by atoms with Crippen LogP contribution in [-0.4, -0.2) is 51.4 Å². The molecule has 2 heterocycles. The van der Waals surface area contributed by atoms with Crippen LogP contribution in [0.3, 0.4) is 0 Å². The first-order valence-electron chi connectivity index (χ1n) is 7.44. The summed E-state index contributed by atoms with van der Waals surface area (Å²) < 4.78 is 27.5. The fourth-order valence-electron chi connectivity index (χ4n) is 2.67. The molecule has 1 aromatic rings. The first-order valence-corrected chi connectivity index (χ1v) is 9.70. The lowest BCUT2D eigenvalue weighted by Gasteiger charge is -2.23. The van der Waals surface area contributed by atoms with E-state index in [1.54, 1.807) is 10.4 Å². The Morgan fingerprint density at radius 2 is 2.23 bits per heavy atom. The maximum atomic E-state index is 12.8. The molecule has 2 rings (SSSR count). The zero-order chi connectivity index (χ0) is 16.2. The van der Waals surface area contributed by atoms with Gasteiger partial charge in [-0.05, 0) is 38.4 Å². The van der Waals surface area contributed by atoms with Gasteiger partial charge in [0.2, 0.25) is 5.91 Å². The van der Waals surface area contributed by atoms with Crippen molar-refractivity contribution in [2.24, 2.45) is 0 Å². The minimum atomic E-state index is -3.41. The molecule has 1 amide bonds. The van der Waals surface area contributed by atoms with Crippen molar-refractivity contribution in [3.8, 4) is 0 Å². The van der Waals surface area contributed by atoms with Crippen LogP contribution in [0.4, 0.5) is 0 Å². The van der Waals surface area contributed by atoms with Gasteiger partial charge in [0.15, 0.2) is 0 Å². The van der Waals surface area contributed by atoms with Crippen molar-refractivity contribution >= 4 is 27.3 Å². The van der Waals surface area contributed by atoms with Gasteiger partial charge in [0.1, 0.15) is 4.21 Å². The fraction of sp³-hybridized carbons (Fsp3) is 0.643. The smallest absolute Gasteiger partial charge is 0.252 e. The predicted octanol–water partition coefficient (Wildman–Crippen LogP) is 0.799. The maximum absolute atomic E-state index is 12.8. The van der Waals surface area contributed by atoms with Crippen LogP contribution in [-0.2, 0) is 21.2 Å². The molecule has 0 spiro atoms. The molecule has 0 aromatic carbocycles. The number of nitrogens with one attached hydrogen (secondary N) is 2. The monoisotopic (exact) mass is 345 g/mol. The maximum Gasteiger partial charge on any atom is 0.252 e. The van der Waals surface area contributed by atoms with Gasteiger partial charge >= 0.3 is 0 Å². The van der Waals surface area contributed by atoms with Crippen molar-refractivity contribution in [3.63, 3.8) is 0 Å². The summed E-state index contributed by atoms with van der Waals surface area (Å²) in [5.41, 5.74) is 0. The Morgan fingerprint density at radius 3 is 2.91 bits per heavy atom. The van der Waals surface area contributed by atoms with E-state index in [2.05, 4.69) is 10.6 Å². The molecular weight excluding hydrogens is 322 g/mol. The number of hydrogen-bond acceptors (Lipinski definition) is 5. The molecule has 1 aromatic heterocycles. The van der Waals surface area contributed by atoms with Gasteiger partial charge in [-0.1, -0.05) is 0 Å². The fourth-order valence-corrected chi connectivity index (χ4v) is 5.85. The number of hydrogen-bond donors (Lipinski definition) is 2. The average molecular weight is 345 g/mol. The van der Waals surface area contributed by atoms with E-state index in [-0.39, 0.29) is 11.9 Å². The Labute approximate surface area is 135 Å². The van der Waals surface area contributed by atoms with E-state index in [0.717, 1.165) is 17.7 Å². The van der Waals surface area contributed by atoms with Crippen LogP contribution in [0.25, 0.3) is 0 Å². The molecule has 0 saturated carbocycles. The van der Waals surface area contributed by atoms with Crippen molar-refractivity contribution in [1.29, 1.82) is 0 Å². The third-order valence-corrected chi connectivity index (χ3v) is 7.27. The Bertz CT molecular complexity index is 613. The highest BCUT2D eigenvalue weighted by atomic mass is 32.2. The second-order valence-electron chi connectivity index (χ2n) is 5.42. The summed E-state index contributed by atoms with van der Waals surface area (Å²) in [5, 5.41) is 5.78. The molecule has 124 valence electrons. The van der Waals surface area contributed by atoms with Crippen LogP contribution >= 0.6 is 11.3 Å². The summed E-state index contributed by atoms with van der Waals surface area (Å²) in [6, 6.07) is 3.56. The van der Waals surface area contributed by atoms with Gasteiger partial charge in [0, 0.05) is 37.5 Å². The predicted molar refractivity (Wildman–Crippen MR) is 87.5 cm³/mol. The summed E-state index contributed by atoms with van der Waals surface area (Å²) in [6.07, 6.45) is 2.47. The van der Waals surface area contributed by atoms with E-state index in [1.807, 2.05) is 13.1 Å². The number of sulfonamides is 1. The molecule has 1 fully saturated rings. The highest BCUT2D eigenvalue weighted by Crippen LogP contribution is 2.30. The van der Waals surface area contributed by atoms with Crippen LogP contribution < -0.4 is 10.6 Å². The van der Waals surface area contributed by atoms with Crippen LogP contribution in [0.5, 0.6) is 0 Å². The van der Waals surface area contributed by atoms with Crippen LogP contribution in [0, 0.1) is 0 Å². The van der Waals surface area contributed by atoms with Gasteiger partial charge in [-0.3, -0.25) is 4.79 Å². The topological polar surface area (TPSA) is 78.5 Å². The summed E-state index contributed by atoms with van der Waals surface area (Å²) in [5.74, 6) is -0.0728. The summed E-state index contributed by atoms with van der Waals surface area (Å²) in [7, 11) is -1.56. The molecule has 1 saturated heterocycles. The molecule has 1 aliphatic rings. The highest BCUT2D eigenvalue weighted by molar-refractivity contribution is 7.91. The Morgan fingerprint density at radius 1 is 1.45 bits per heavy atom. The molecule has 2 N–H and O–H groups in total. The van der Waals surface area contributed by atoms with E-state index in [0.29, 0.717) is 30.3 Å². The summed E-state index contributed by atoms with van der Waals surface area (Å²) in [6.45, 7) is 3.27. The first kappa shape index (κ1) is 17.4. The quantitative estimate of drug-likeness (QED) is 0.766. The second kappa shape index (κ2) is 7.54. The molecule has 0 bridgehead atoms. The number of amides is 1. The van der Waals surface area contributed by atoms with Crippen molar-refractivity contribution in [1.82, 2.24) is 14.9 Å². The van der Waals surface area contributed by atoms with E-state index < -0.39 is 10.0 Å². The average Bonchev–Trinajstić information content (AvgIpc) is 3.08.